The first-order valence-electron chi connectivity index (χ1n) is 5.60. The molecule has 7 heteroatoms. The van der Waals surface area contributed by atoms with Crippen molar-refractivity contribution in [1.29, 1.82) is 0 Å². The maximum atomic E-state index is 6.04. The minimum absolute atomic E-state index is 0.284. The summed E-state index contributed by atoms with van der Waals surface area (Å²) in [6.45, 7) is 0.565. The maximum absolute atomic E-state index is 6.04. The SMILES string of the molecule is Clc1nc(NCc2cccnc2)nc2nccnc12. The van der Waals surface area contributed by atoms with Gasteiger partial charge in [-0.15, -0.1) is 0 Å². The molecule has 0 aliphatic carbocycles. The Morgan fingerprint density at radius 1 is 1.11 bits per heavy atom. The van der Waals surface area contributed by atoms with E-state index in [4.69, 9.17) is 11.6 Å². The summed E-state index contributed by atoms with van der Waals surface area (Å²) >= 11 is 6.04. The van der Waals surface area contributed by atoms with Crippen molar-refractivity contribution < 1.29 is 0 Å². The summed E-state index contributed by atoms with van der Waals surface area (Å²) in [5, 5.41) is 3.36. The average Bonchev–Trinajstić information content (AvgIpc) is 2.46. The van der Waals surface area contributed by atoms with Crippen molar-refractivity contribution in [2.24, 2.45) is 0 Å². The van der Waals surface area contributed by atoms with Gasteiger partial charge in [0.1, 0.15) is 5.52 Å². The van der Waals surface area contributed by atoms with Crippen LogP contribution in [0.15, 0.2) is 36.9 Å². The first-order chi connectivity index (χ1) is 9.33. The number of halogens is 1. The lowest BCUT2D eigenvalue weighted by atomic mass is 10.3. The summed E-state index contributed by atoms with van der Waals surface area (Å²) in [6.07, 6.45) is 6.62. The van der Waals surface area contributed by atoms with Crippen LogP contribution in [-0.2, 0) is 6.54 Å². The highest BCUT2D eigenvalue weighted by Gasteiger charge is 2.07. The van der Waals surface area contributed by atoms with Gasteiger partial charge in [0.2, 0.25) is 5.95 Å². The molecule has 0 amide bonds. The molecule has 0 spiro atoms. The normalized spacial score (nSPS) is 10.6. The van der Waals surface area contributed by atoms with E-state index in [0.29, 0.717) is 23.7 Å². The van der Waals surface area contributed by atoms with Crippen molar-refractivity contribution >= 4 is 28.7 Å². The second-order valence-electron chi connectivity index (χ2n) is 3.78. The minimum Gasteiger partial charge on any atom is -0.350 e. The number of aromatic nitrogens is 5. The lowest BCUT2D eigenvalue weighted by Gasteiger charge is -2.05. The topological polar surface area (TPSA) is 76.5 Å². The monoisotopic (exact) mass is 272 g/mol. The number of hydrogen-bond acceptors (Lipinski definition) is 6. The van der Waals surface area contributed by atoms with Gasteiger partial charge in [0.15, 0.2) is 10.8 Å². The fraction of sp³-hybridized carbons (Fsp3) is 0.0833. The Kier molecular flexibility index (Phi) is 3.16. The van der Waals surface area contributed by atoms with Crippen LogP contribution < -0.4 is 5.32 Å². The predicted octanol–water partition coefficient (Wildman–Crippen LogP) is 2.08. The summed E-state index contributed by atoms with van der Waals surface area (Å²) in [5.41, 5.74) is 1.99. The zero-order valence-corrected chi connectivity index (χ0v) is 10.5. The molecule has 6 nitrogen and oxygen atoms in total. The molecule has 19 heavy (non-hydrogen) atoms. The zero-order valence-electron chi connectivity index (χ0n) is 9.79. The fourth-order valence-corrected chi connectivity index (χ4v) is 1.81. The molecule has 1 N–H and O–H groups in total. The van der Waals surface area contributed by atoms with Crippen LogP contribution >= 0.6 is 11.6 Å². The molecule has 3 aromatic heterocycles. The molecule has 0 aliphatic rings. The number of nitrogens with one attached hydrogen (secondary N) is 1. The van der Waals surface area contributed by atoms with Gasteiger partial charge in [-0.1, -0.05) is 17.7 Å². The molecular weight excluding hydrogens is 264 g/mol. The standard InChI is InChI=1S/C12H9ClN6/c13-10-9-11(16-5-4-15-9)19-12(18-10)17-7-8-2-1-3-14-6-8/h1-6H,7H2,(H,16,17,18,19). The molecule has 3 heterocycles. The summed E-state index contributed by atoms with van der Waals surface area (Å²) in [6, 6.07) is 3.83. The summed E-state index contributed by atoms with van der Waals surface area (Å²) in [7, 11) is 0. The van der Waals surface area contributed by atoms with Crippen LogP contribution in [0.4, 0.5) is 5.95 Å². The van der Waals surface area contributed by atoms with E-state index in [1.54, 1.807) is 24.8 Å². The molecule has 0 saturated carbocycles. The molecule has 3 rings (SSSR count). The number of pyridine rings is 1. The van der Waals surface area contributed by atoms with E-state index in [-0.39, 0.29) is 5.15 Å². The molecule has 94 valence electrons. The molecule has 0 aliphatic heterocycles. The van der Waals surface area contributed by atoms with Gasteiger partial charge in [-0.3, -0.25) is 4.98 Å². The van der Waals surface area contributed by atoms with E-state index in [1.807, 2.05) is 12.1 Å². The van der Waals surface area contributed by atoms with Crippen molar-refractivity contribution in [3.63, 3.8) is 0 Å². The number of anilines is 1. The third-order valence-corrected chi connectivity index (χ3v) is 2.73. The summed E-state index contributed by atoms with van der Waals surface area (Å²) < 4.78 is 0. The third-order valence-electron chi connectivity index (χ3n) is 2.46. The predicted molar refractivity (Wildman–Crippen MR) is 71.7 cm³/mol. The van der Waals surface area contributed by atoms with Gasteiger partial charge in [0.05, 0.1) is 0 Å². The molecule has 0 bridgehead atoms. The van der Waals surface area contributed by atoms with Crippen molar-refractivity contribution in [3.05, 3.63) is 47.6 Å². The van der Waals surface area contributed by atoms with Crippen molar-refractivity contribution in [1.82, 2.24) is 24.9 Å². The Bertz CT molecular complexity index is 703. The lowest BCUT2D eigenvalue weighted by Crippen LogP contribution is -2.05. The smallest absolute Gasteiger partial charge is 0.226 e. The van der Waals surface area contributed by atoms with Crippen LogP contribution in [0.25, 0.3) is 11.2 Å². The van der Waals surface area contributed by atoms with Crippen molar-refractivity contribution in [2.75, 3.05) is 5.32 Å². The Hall–Kier alpha value is -2.34. The van der Waals surface area contributed by atoms with Gasteiger partial charge < -0.3 is 5.32 Å². The van der Waals surface area contributed by atoms with Gasteiger partial charge in [-0.25, -0.2) is 9.97 Å². The van der Waals surface area contributed by atoms with E-state index in [9.17, 15) is 0 Å². The van der Waals surface area contributed by atoms with E-state index in [2.05, 4.69) is 30.2 Å². The first kappa shape index (κ1) is 11.7. The van der Waals surface area contributed by atoms with Crippen LogP contribution in [0.5, 0.6) is 0 Å². The Balaban J connectivity index is 1.85. The lowest BCUT2D eigenvalue weighted by molar-refractivity contribution is 1.04. The maximum Gasteiger partial charge on any atom is 0.226 e. The largest absolute Gasteiger partial charge is 0.350 e. The highest BCUT2D eigenvalue weighted by atomic mass is 35.5. The van der Waals surface area contributed by atoms with Crippen LogP contribution in [0.3, 0.4) is 0 Å². The number of nitrogens with zero attached hydrogens (tertiary/aromatic N) is 5. The summed E-state index contributed by atoms with van der Waals surface area (Å²) in [4.78, 5) is 20.6. The second-order valence-corrected chi connectivity index (χ2v) is 4.14. The van der Waals surface area contributed by atoms with Gasteiger partial charge in [-0.05, 0) is 11.6 Å². The number of hydrogen-bond donors (Lipinski definition) is 1. The molecule has 0 saturated heterocycles. The van der Waals surface area contributed by atoms with Crippen LogP contribution in [0.1, 0.15) is 5.56 Å². The Labute approximate surface area is 113 Å². The first-order valence-corrected chi connectivity index (χ1v) is 5.98. The van der Waals surface area contributed by atoms with E-state index in [0.717, 1.165) is 5.56 Å². The molecule has 0 aromatic carbocycles. The molecule has 0 unspecified atom stereocenters. The van der Waals surface area contributed by atoms with E-state index in [1.165, 1.54) is 0 Å². The Morgan fingerprint density at radius 3 is 2.84 bits per heavy atom. The summed E-state index contributed by atoms with van der Waals surface area (Å²) in [5.74, 6) is 0.418. The molecule has 0 atom stereocenters. The van der Waals surface area contributed by atoms with Crippen LogP contribution in [0, 0.1) is 0 Å². The molecule has 0 fully saturated rings. The number of rotatable bonds is 3. The average molecular weight is 273 g/mol. The number of fused-ring (bicyclic) bond motifs is 1. The third kappa shape index (κ3) is 2.58. The highest BCUT2D eigenvalue weighted by Crippen LogP contribution is 2.17. The van der Waals surface area contributed by atoms with Gasteiger partial charge in [0.25, 0.3) is 0 Å². The molecule has 0 radical (unpaired) electrons. The van der Waals surface area contributed by atoms with Crippen LogP contribution in [0.2, 0.25) is 5.15 Å². The fourth-order valence-electron chi connectivity index (χ4n) is 1.59. The van der Waals surface area contributed by atoms with E-state index < -0.39 is 0 Å². The highest BCUT2D eigenvalue weighted by molar-refractivity contribution is 6.33. The van der Waals surface area contributed by atoms with Gasteiger partial charge in [0, 0.05) is 31.3 Å². The Morgan fingerprint density at radius 2 is 2.00 bits per heavy atom. The van der Waals surface area contributed by atoms with Gasteiger partial charge >= 0.3 is 0 Å². The zero-order chi connectivity index (χ0) is 13.1. The van der Waals surface area contributed by atoms with Crippen molar-refractivity contribution in [2.45, 2.75) is 6.54 Å². The van der Waals surface area contributed by atoms with E-state index >= 15 is 0 Å². The minimum atomic E-state index is 0.284. The molecular formula is C12H9ClN6. The molecule has 3 aromatic rings. The quantitative estimate of drug-likeness (QED) is 0.736. The van der Waals surface area contributed by atoms with Crippen LogP contribution in [-0.4, -0.2) is 24.9 Å². The van der Waals surface area contributed by atoms with Crippen molar-refractivity contribution in [3.8, 4) is 0 Å². The second kappa shape index (κ2) is 5.11. The van der Waals surface area contributed by atoms with Gasteiger partial charge in [-0.2, -0.15) is 9.97 Å².